The van der Waals surface area contributed by atoms with Crippen molar-refractivity contribution in [3.05, 3.63) is 65.0 Å². The molecule has 2 atom stereocenters. The van der Waals surface area contributed by atoms with E-state index in [4.69, 9.17) is 4.74 Å². The van der Waals surface area contributed by atoms with Crippen molar-refractivity contribution in [1.29, 1.82) is 0 Å². The maximum absolute atomic E-state index is 13.1. The van der Waals surface area contributed by atoms with Gasteiger partial charge in [0.1, 0.15) is 11.9 Å². The molecule has 0 aliphatic carbocycles. The molecule has 1 amide bonds. The Morgan fingerprint density at radius 1 is 1.15 bits per heavy atom. The van der Waals surface area contributed by atoms with Gasteiger partial charge in [0.25, 0.3) is 5.91 Å². The molecule has 0 radical (unpaired) electrons. The van der Waals surface area contributed by atoms with Gasteiger partial charge < -0.3 is 15.2 Å². The van der Waals surface area contributed by atoms with E-state index in [2.05, 4.69) is 5.32 Å². The van der Waals surface area contributed by atoms with Crippen LogP contribution in [0.2, 0.25) is 0 Å². The van der Waals surface area contributed by atoms with Crippen LogP contribution in [0.4, 0.5) is 4.39 Å². The number of nitrogens with zero attached hydrogens (tertiary/aromatic N) is 1. The SMILES string of the molecule is Cc1ccc(S(=O)(=O)N2CC(O)C[C@H]2C(=O)OCC(=O)NCCc2ccc(F)cc2)cc1C. The molecule has 1 saturated heterocycles. The molecule has 0 aromatic heterocycles. The Morgan fingerprint density at radius 3 is 2.52 bits per heavy atom. The fourth-order valence-corrected chi connectivity index (χ4v) is 5.27. The van der Waals surface area contributed by atoms with Crippen LogP contribution < -0.4 is 5.32 Å². The number of aryl methyl sites for hydroxylation is 2. The average Bonchev–Trinajstić information content (AvgIpc) is 3.18. The minimum atomic E-state index is -4.05. The zero-order valence-corrected chi connectivity index (χ0v) is 19.3. The highest BCUT2D eigenvalue weighted by Gasteiger charge is 2.44. The maximum Gasteiger partial charge on any atom is 0.325 e. The van der Waals surface area contributed by atoms with Crippen LogP contribution in [-0.4, -0.2) is 61.5 Å². The van der Waals surface area contributed by atoms with Crippen LogP contribution in [0.25, 0.3) is 0 Å². The van der Waals surface area contributed by atoms with Gasteiger partial charge in [-0.2, -0.15) is 4.31 Å². The van der Waals surface area contributed by atoms with Crippen LogP contribution in [0.3, 0.4) is 0 Å². The first-order chi connectivity index (χ1) is 15.6. The number of halogens is 1. The predicted molar refractivity (Wildman–Crippen MR) is 118 cm³/mol. The zero-order valence-electron chi connectivity index (χ0n) is 18.5. The third-order valence-electron chi connectivity index (χ3n) is 5.59. The molecular formula is C23H27FN2O6S. The minimum absolute atomic E-state index is 0.0241. The molecule has 2 N–H and O–H groups in total. The topological polar surface area (TPSA) is 113 Å². The highest BCUT2D eigenvalue weighted by molar-refractivity contribution is 7.89. The number of nitrogens with one attached hydrogen (secondary N) is 1. The van der Waals surface area contributed by atoms with Crippen LogP contribution >= 0.6 is 0 Å². The van der Waals surface area contributed by atoms with Gasteiger partial charge >= 0.3 is 5.97 Å². The van der Waals surface area contributed by atoms with Gasteiger partial charge in [-0.15, -0.1) is 0 Å². The summed E-state index contributed by atoms with van der Waals surface area (Å²) in [5.41, 5.74) is 2.55. The van der Waals surface area contributed by atoms with Crippen molar-refractivity contribution in [2.45, 2.75) is 43.7 Å². The number of hydrogen-bond acceptors (Lipinski definition) is 6. The van der Waals surface area contributed by atoms with Gasteiger partial charge in [-0.25, -0.2) is 12.8 Å². The summed E-state index contributed by atoms with van der Waals surface area (Å²) >= 11 is 0. The molecule has 33 heavy (non-hydrogen) atoms. The van der Waals surface area contributed by atoms with Gasteiger partial charge in [0.05, 0.1) is 11.0 Å². The largest absolute Gasteiger partial charge is 0.454 e. The number of hydrogen-bond donors (Lipinski definition) is 2. The molecule has 3 rings (SSSR count). The van der Waals surface area contributed by atoms with Crippen LogP contribution in [0.15, 0.2) is 47.4 Å². The number of β-amino-alcohol motifs (C(OH)–C–C–N with tert-alkyl or cyclic N) is 1. The second kappa shape index (κ2) is 10.4. The molecule has 0 saturated carbocycles. The van der Waals surface area contributed by atoms with Gasteiger partial charge in [0.15, 0.2) is 6.61 Å². The second-order valence-electron chi connectivity index (χ2n) is 8.06. The van der Waals surface area contributed by atoms with Gasteiger partial charge in [-0.05, 0) is 61.2 Å². The minimum Gasteiger partial charge on any atom is -0.454 e. The standard InChI is InChI=1S/C23H27FN2O6S/c1-15-3-8-20(11-16(15)2)33(30,31)26-13-19(27)12-21(26)23(29)32-14-22(28)25-10-9-17-4-6-18(24)7-5-17/h3-8,11,19,21,27H,9-10,12-14H2,1-2H3,(H,25,28)/t19?,21-/m0/s1. The number of amides is 1. The van der Waals surface area contributed by atoms with E-state index in [1.54, 1.807) is 25.1 Å². The summed E-state index contributed by atoms with van der Waals surface area (Å²) in [7, 11) is -4.05. The first kappa shape index (κ1) is 24.8. The summed E-state index contributed by atoms with van der Waals surface area (Å²) in [5.74, 6) is -1.79. The van der Waals surface area contributed by atoms with Crippen LogP contribution in [0, 0.1) is 19.7 Å². The van der Waals surface area contributed by atoms with E-state index in [-0.39, 0.29) is 30.2 Å². The van der Waals surface area contributed by atoms with Crippen molar-refractivity contribution in [2.24, 2.45) is 0 Å². The summed E-state index contributed by atoms with van der Waals surface area (Å²) in [6.07, 6.45) is -0.667. The molecule has 1 aliphatic rings. The van der Waals surface area contributed by atoms with Crippen LogP contribution in [0.5, 0.6) is 0 Å². The summed E-state index contributed by atoms with van der Waals surface area (Å²) in [6, 6.07) is 9.30. The Labute approximate surface area is 192 Å². The highest BCUT2D eigenvalue weighted by atomic mass is 32.2. The zero-order chi connectivity index (χ0) is 24.2. The van der Waals surface area contributed by atoms with E-state index < -0.39 is 40.7 Å². The Kier molecular flexibility index (Phi) is 7.83. The Hall–Kier alpha value is -2.82. The normalized spacial score (nSPS) is 18.8. The Morgan fingerprint density at radius 2 is 1.85 bits per heavy atom. The number of rotatable bonds is 8. The predicted octanol–water partition coefficient (Wildman–Crippen LogP) is 1.47. The van der Waals surface area contributed by atoms with Gasteiger partial charge in [0, 0.05) is 19.5 Å². The monoisotopic (exact) mass is 478 g/mol. The lowest BCUT2D eigenvalue weighted by Crippen LogP contribution is -2.42. The molecule has 1 unspecified atom stereocenters. The maximum atomic E-state index is 13.1. The van der Waals surface area contributed by atoms with Gasteiger partial charge in [0.2, 0.25) is 10.0 Å². The molecule has 10 heteroatoms. The van der Waals surface area contributed by atoms with Crippen LogP contribution in [0.1, 0.15) is 23.1 Å². The lowest BCUT2D eigenvalue weighted by atomic mass is 10.1. The number of carbonyl (C=O) groups is 2. The van der Waals surface area contributed by atoms with Crippen molar-refractivity contribution in [3.63, 3.8) is 0 Å². The number of carbonyl (C=O) groups excluding carboxylic acids is 2. The second-order valence-corrected chi connectivity index (χ2v) is 9.95. The lowest BCUT2D eigenvalue weighted by molar-refractivity contribution is -0.151. The first-order valence-electron chi connectivity index (χ1n) is 10.5. The number of aliphatic hydroxyl groups excluding tert-OH is 1. The number of sulfonamides is 1. The first-order valence-corrected chi connectivity index (χ1v) is 12.0. The fourth-order valence-electron chi connectivity index (χ4n) is 3.56. The van der Waals surface area contributed by atoms with Gasteiger partial charge in [-0.3, -0.25) is 9.59 Å². The van der Waals surface area contributed by atoms with Gasteiger partial charge in [-0.1, -0.05) is 18.2 Å². The number of aliphatic hydroxyl groups is 1. The quantitative estimate of drug-likeness (QED) is 0.556. The Bertz CT molecular complexity index is 1120. The van der Waals surface area contributed by atoms with Crippen molar-refractivity contribution >= 4 is 21.9 Å². The lowest BCUT2D eigenvalue weighted by Gasteiger charge is -2.22. The van der Waals surface area contributed by atoms with E-state index in [9.17, 15) is 27.5 Å². The summed E-state index contributed by atoms with van der Waals surface area (Å²) < 4.78 is 45.1. The van der Waals surface area contributed by atoms with E-state index in [1.807, 2.05) is 6.92 Å². The molecule has 178 valence electrons. The molecule has 0 bridgehead atoms. The highest BCUT2D eigenvalue weighted by Crippen LogP contribution is 2.28. The molecule has 8 nitrogen and oxygen atoms in total. The number of benzene rings is 2. The van der Waals surface area contributed by atoms with E-state index in [0.717, 1.165) is 21.0 Å². The number of esters is 1. The van der Waals surface area contributed by atoms with Crippen molar-refractivity contribution in [2.75, 3.05) is 19.7 Å². The van der Waals surface area contributed by atoms with Crippen molar-refractivity contribution in [1.82, 2.24) is 9.62 Å². The fraction of sp³-hybridized carbons (Fsp3) is 0.391. The molecular weight excluding hydrogens is 451 g/mol. The summed E-state index contributed by atoms with van der Waals surface area (Å²) in [6.45, 7) is 3.09. The van der Waals surface area contributed by atoms with Crippen LogP contribution in [-0.2, 0) is 30.8 Å². The number of ether oxygens (including phenoxy) is 1. The molecule has 2 aromatic rings. The summed E-state index contributed by atoms with van der Waals surface area (Å²) in [4.78, 5) is 24.6. The molecule has 1 fully saturated rings. The van der Waals surface area contributed by atoms with Crippen molar-refractivity contribution in [3.8, 4) is 0 Å². The average molecular weight is 479 g/mol. The molecule has 0 spiro atoms. The van der Waals surface area contributed by atoms with E-state index in [1.165, 1.54) is 24.3 Å². The van der Waals surface area contributed by atoms with E-state index >= 15 is 0 Å². The summed E-state index contributed by atoms with van der Waals surface area (Å²) in [5, 5.41) is 12.6. The molecule has 1 aliphatic heterocycles. The third kappa shape index (κ3) is 6.16. The molecule has 2 aromatic carbocycles. The Balaban J connectivity index is 1.56. The van der Waals surface area contributed by atoms with E-state index in [0.29, 0.717) is 6.42 Å². The smallest absolute Gasteiger partial charge is 0.325 e. The third-order valence-corrected chi connectivity index (χ3v) is 7.46. The molecule has 1 heterocycles. The van der Waals surface area contributed by atoms with Crippen molar-refractivity contribution < 1.29 is 32.2 Å².